The Bertz CT molecular complexity index is 772. The van der Waals surface area contributed by atoms with Gasteiger partial charge in [0.2, 0.25) is 0 Å². The second kappa shape index (κ2) is 7.77. The van der Waals surface area contributed by atoms with Crippen molar-refractivity contribution >= 4 is 11.9 Å². The maximum absolute atomic E-state index is 12.1. The fourth-order valence-electron chi connectivity index (χ4n) is 2.12. The molecule has 6 nitrogen and oxygen atoms in total. The van der Waals surface area contributed by atoms with Gasteiger partial charge in [0.1, 0.15) is 17.5 Å². The molecule has 2 aromatic rings. The van der Waals surface area contributed by atoms with Crippen LogP contribution in [-0.4, -0.2) is 34.5 Å². The smallest absolute Gasteiger partial charge is 0.508 e. The molecule has 2 rings (SSSR count). The number of phenolic OH excluding ortho intramolecular Hbond substituents is 1. The van der Waals surface area contributed by atoms with Gasteiger partial charge in [0, 0.05) is 12.0 Å². The summed E-state index contributed by atoms with van der Waals surface area (Å²) in [7, 11) is 0. The van der Waals surface area contributed by atoms with Crippen LogP contribution in [0.1, 0.15) is 15.9 Å². The van der Waals surface area contributed by atoms with Crippen molar-refractivity contribution in [1.82, 2.24) is 5.32 Å². The molecule has 26 heavy (non-hydrogen) atoms. The standard InChI is InChI=1S/C17H14F3NO5/c18-17(19,20)26-13-7-3-11(4-8-13)15(23)21-14(16(24)25)9-10-1-5-12(22)6-2-10/h1-8,14,22H,9H2,(H,21,23)(H,24,25)/t14-/m1/s1. The number of rotatable bonds is 6. The maximum Gasteiger partial charge on any atom is 0.573 e. The van der Waals surface area contributed by atoms with Crippen LogP contribution in [-0.2, 0) is 11.2 Å². The first-order chi connectivity index (χ1) is 12.1. The van der Waals surface area contributed by atoms with Crippen LogP contribution in [0.4, 0.5) is 13.2 Å². The Morgan fingerprint density at radius 2 is 1.62 bits per heavy atom. The van der Waals surface area contributed by atoms with E-state index in [1.54, 1.807) is 0 Å². The lowest BCUT2D eigenvalue weighted by atomic mass is 10.1. The van der Waals surface area contributed by atoms with Crippen molar-refractivity contribution in [3.63, 3.8) is 0 Å². The lowest BCUT2D eigenvalue weighted by molar-refractivity contribution is -0.274. The average Bonchev–Trinajstić information content (AvgIpc) is 2.55. The van der Waals surface area contributed by atoms with Crippen molar-refractivity contribution in [2.75, 3.05) is 0 Å². The van der Waals surface area contributed by atoms with E-state index in [2.05, 4.69) is 10.1 Å². The molecule has 3 N–H and O–H groups in total. The third-order valence-electron chi connectivity index (χ3n) is 3.33. The van der Waals surface area contributed by atoms with Crippen LogP contribution in [0.2, 0.25) is 0 Å². The Kier molecular flexibility index (Phi) is 5.71. The van der Waals surface area contributed by atoms with Gasteiger partial charge in [0.25, 0.3) is 5.91 Å². The average molecular weight is 369 g/mol. The van der Waals surface area contributed by atoms with E-state index in [1.165, 1.54) is 24.3 Å². The molecule has 0 fully saturated rings. The Morgan fingerprint density at radius 3 is 2.12 bits per heavy atom. The van der Waals surface area contributed by atoms with Crippen LogP contribution in [0.3, 0.4) is 0 Å². The zero-order valence-electron chi connectivity index (χ0n) is 13.2. The highest BCUT2D eigenvalue weighted by molar-refractivity contribution is 5.96. The third-order valence-corrected chi connectivity index (χ3v) is 3.33. The highest BCUT2D eigenvalue weighted by Crippen LogP contribution is 2.22. The van der Waals surface area contributed by atoms with E-state index >= 15 is 0 Å². The zero-order valence-corrected chi connectivity index (χ0v) is 13.2. The number of aliphatic carboxylic acids is 1. The Balaban J connectivity index is 2.05. The van der Waals surface area contributed by atoms with Crippen molar-refractivity contribution in [3.05, 3.63) is 59.7 Å². The van der Waals surface area contributed by atoms with E-state index in [4.69, 9.17) is 0 Å². The summed E-state index contributed by atoms with van der Waals surface area (Å²) < 4.78 is 40.0. The highest BCUT2D eigenvalue weighted by atomic mass is 19.4. The molecule has 0 aliphatic carbocycles. The number of aromatic hydroxyl groups is 1. The van der Waals surface area contributed by atoms with Gasteiger partial charge in [-0.3, -0.25) is 4.79 Å². The first kappa shape index (κ1) is 19.1. The maximum atomic E-state index is 12.1. The Labute approximate surface area is 145 Å². The molecule has 0 saturated carbocycles. The minimum Gasteiger partial charge on any atom is -0.508 e. The van der Waals surface area contributed by atoms with Crippen molar-refractivity contribution in [1.29, 1.82) is 0 Å². The monoisotopic (exact) mass is 369 g/mol. The summed E-state index contributed by atoms with van der Waals surface area (Å²) in [6, 6.07) is 8.65. The van der Waals surface area contributed by atoms with Gasteiger partial charge in [-0.25, -0.2) is 4.79 Å². The third kappa shape index (κ3) is 5.69. The van der Waals surface area contributed by atoms with Crippen LogP contribution in [0.15, 0.2) is 48.5 Å². The number of carboxylic acid groups (broad SMARTS) is 1. The lowest BCUT2D eigenvalue weighted by Crippen LogP contribution is -2.42. The number of amides is 1. The van der Waals surface area contributed by atoms with Crippen LogP contribution >= 0.6 is 0 Å². The fourth-order valence-corrected chi connectivity index (χ4v) is 2.12. The minimum absolute atomic E-state index is 0.0171. The number of phenols is 1. The van der Waals surface area contributed by atoms with Gasteiger partial charge in [-0.2, -0.15) is 0 Å². The number of carbonyl (C=O) groups excluding carboxylic acids is 1. The second-order valence-electron chi connectivity index (χ2n) is 5.31. The molecule has 1 atom stereocenters. The van der Waals surface area contributed by atoms with Crippen LogP contribution in [0, 0.1) is 0 Å². The van der Waals surface area contributed by atoms with Gasteiger partial charge < -0.3 is 20.3 Å². The summed E-state index contributed by atoms with van der Waals surface area (Å²) in [5.41, 5.74) is 0.556. The number of hydrogen-bond donors (Lipinski definition) is 3. The highest BCUT2D eigenvalue weighted by Gasteiger charge is 2.31. The molecular formula is C17H14F3NO5. The Hall–Kier alpha value is -3.23. The normalized spacial score (nSPS) is 12.3. The SMILES string of the molecule is O=C(N[C@H](Cc1ccc(O)cc1)C(=O)O)c1ccc(OC(F)(F)F)cc1. The predicted molar refractivity (Wildman–Crippen MR) is 83.8 cm³/mol. The molecule has 1 amide bonds. The Morgan fingerprint density at radius 1 is 1.04 bits per heavy atom. The number of ether oxygens (including phenoxy) is 1. The molecule has 0 radical (unpaired) electrons. The van der Waals surface area contributed by atoms with E-state index in [9.17, 15) is 33.0 Å². The first-order valence-corrected chi connectivity index (χ1v) is 7.31. The quantitative estimate of drug-likeness (QED) is 0.728. The van der Waals surface area contributed by atoms with E-state index in [0.717, 1.165) is 24.3 Å². The van der Waals surface area contributed by atoms with Gasteiger partial charge in [0.05, 0.1) is 0 Å². The van der Waals surface area contributed by atoms with Crippen molar-refractivity contribution < 1.29 is 37.7 Å². The van der Waals surface area contributed by atoms with Crippen LogP contribution < -0.4 is 10.1 Å². The summed E-state index contributed by atoms with van der Waals surface area (Å²) >= 11 is 0. The fraction of sp³-hybridized carbons (Fsp3) is 0.176. The van der Waals surface area contributed by atoms with Gasteiger partial charge in [-0.05, 0) is 42.0 Å². The number of halogens is 3. The van der Waals surface area contributed by atoms with Gasteiger partial charge in [0.15, 0.2) is 0 Å². The molecule has 0 aliphatic heterocycles. The molecule has 138 valence electrons. The van der Waals surface area contributed by atoms with Crippen molar-refractivity contribution in [3.8, 4) is 11.5 Å². The second-order valence-corrected chi connectivity index (χ2v) is 5.31. The molecule has 9 heteroatoms. The number of alkyl halides is 3. The summed E-state index contributed by atoms with van der Waals surface area (Å²) in [6.45, 7) is 0. The van der Waals surface area contributed by atoms with Gasteiger partial charge >= 0.3 is 12.3 Å². The number of benzene rings is 2. The number of hydrogen-bond acceptors (Lipinski definition) is 4. The molecule has 0 aliphatic rings. The summed E-state index contributed by atoms with van der Waals surface area (Å²) in [6.07, 6.45) is -4.88. The predicted octanol–water partition coefficient (Wildman–Crippen LogP) is 2.72. The summed E-state index contributed by atoms with van der Waals surface area (Å²) in [4.78, 5) is 23.5. The summed E-state index contributed by atoms with van der Waals surface area (Å²) in [5, 5.41) is 20.8. The van der Waals surface area contributed by atoms with Crippen molar-refractivity contribution in [2.45, 2.75) is 18.8 Å². The van der Waals surface area contributed by atoms with Gasteiger partial charge in [-0.15, -0.1) is 13.2 Å². The first-order valence-electron chi connectivity index (χ1n) is 7.31. The molecule has 0 unspecified atom stereocenters. The molecular weight excluding hydrogens is 355 g/mol. The minimum atomic E-state index is -4.84. The van der Waals surface area contributed by atoms with E-state index in [1.807, 2.05) is 0 Å². The number of carbonyl (C=O) groups is 2. The van der Waals surface area contributed by atoms with Gasteiger partial charge in [-0.1, -0.05) is 12.1 Å². The number of nitrogens with one attached hydrogen (secondary N) is 1. The topological polar surface area (TPSA) is 95.9 Å². The molecule has 0 heterocycles. The largest absolute Gasteiger partial charge is 0.573 e. The molecule has 0 saturated heterocycles. The summed E-state index contributed by atoms with van der Waals surface area (Å²) in [5.74, 6) is -2.50. The van der Waals surface area contributed by atoms with E-state index in [-0.39, 0.29) is 17.7 Å². The van der Waals surface area contributed by atoms with E-state index in [0.29, 0.717) is 5.56 Å². The number of carboxylic acids is 1. The molecule has 2 aromatic carbocycles. The zero-order chi connectivity index (χ0) is 19.3. The van der Waals surface area contributed by atoms with E-state index < -0.39 is 30.0 Å². The van der Waals surface area contributed by atoms with Crippen LogP contribution in [0.25, 0.3) is 0 Å². The molecule has 0 bridgehead atoms. The van der Waals surface area contributed by atoms with Crippen molar-refractivity contribution in [2.24, 2.45) is 0 Å². The molecule has 0 aromatic heterocycles. The van der Waals surface area contributed by atoms with Crippen LogP contribution in [0.5, 0.6) is 11.5 Å². The molecule has 0 spiro atoms. The lowest BCUT2D eigenvalue weighted by Gasteiger charge is -2.15.